The summed E-state index contributed by atoms with van der Waals surface area (Å²) < 4.78 is 2.38. The molecular formula is C34H26BN. The summed E-state index contributed by atoms with van der Waals surface area (Å²) in [6, 6.07) is 44.3. The van der Waals surface area contributed by atoms with Crippen molar-refractivity contribution in [2.24, 2.45) is 0 Å². The lowest BCUT2D eigenvalue weighted by atomic mass is 9.47. The van der Waals surface area contributed by atoms with Gasteiger partial charge in [-0.25, -0.2) is 0 Å². The van der Waals surface area contributed by atoms with E-state index in [1.807, 2.05) is 0 Å². The van der Waals surface area contributed by atoms with Crippen LogP contribution in [0, 0.1) is 0 Å². The van der Waals surface area contributed by atoms with Gasteiger partial charge < -0.3 is 4.57 Å². The lowest BCUT2D eigenvalue weighted by molar-refractivity contribution is 1.18. The molecule has 1 heterocycles. The van der Waals surface area contributed by atoms with Crippen LogP contribution in [0.1, 0.15) is 0 Å². The molecule has 0 radical (unpaired) electrons. The van der Waals surface area contributed by atoms with E-state index in [0.29, 0.717) is 6.71 Å². The topological polar surface area (TPSA) is 4.93 Å². The first kappa shape index (κ1) is 21.0. The van der Waals surface area contributed by atoms with Crippen LogP contribution in [0.4, 0.5) is 0 Å². The molecular weight excluding hydrogens is 433 g/mol. The summed E-state index contributed by atoms with van der Waals surface area (Å²) >= 11 is 0. The van der Waals surface area contributed by atoms with Gasteiger partial charge in [0.15, 0.2) is 6.71 Å². The second-order valence-electron chi connectivity index (χ2n) is 9.95. The normalized spacial score (nSPS) is 11.6. The monoisotopic (exact) mass is 459 g/mol. The van der Waals surface area contributed by atoms with Gasteiger partial charge in [0.25, 0.3) is 0 Å². The highest BCUT2D eigenvalue weighted by Gasteiger charge is 2.18. The van der Waals surface area contributed by atoms with Crippen LogP contribution >= 0.6 is 0 Å². The number of rotatable bonds is 3. The van der Waals surface area contributed by atoms with Gasteiger partial charge >= 0.3 is 0 Å². The van der Waals surface area contributed by atoms with Crippen LogP contribution in [-0.2, 0) is 0 Å². The van der Waals surface area contributed by atoms with Crippen molar-refractivity contribution in [2.75, 3.05) is 0 Å². The average Bonchev–Trinajstić information content (AvgIpc) is 3.26. The molecule has 36 heavy (non-hydrogen) atoms. The molecule has 0 saturated heterocycles. The van der Waals surface area contributed by atoms with Crippen molar-refractivity contribution in [2.45, 2.75) is 13.6 Å². The van der Waals surface area contributed by atoms with Crippen molar-refractivity contribution < 1.29 is 0 Å². The number of hydrogen-bond donors (Lipinski definition) is 0. The number of fused-ring (bicyclic) bond motifs is 5. The maximum Gasteiger partial charge on any atom is 0.171 e. The quantitative estimate of drug-likeness (QED) is 0.184. The predicted octanol–water partition coefficient (Wildman–Crippen LogP) is 8.72. The van der Waals surface area contributed by atoms with E-state index in [4.69, 9.17) is 0 Å². The van der Waals surface area contributed by atoms with Crippen LogP contribution in [0.25, 0.3) is 60.2 Å². The summed E-state index contributed by atoms with van der Waals surface area (Å²) in [7, 11) is 0. The van der Waals surface area contributed by atoms with Crippen molar-refractivity contribution in [1.82, 2.24) is 4.57 Å². The van der Waals surface area contributed by atoms with E-state index in [9.17, 15) is 0 Å². The molecule has 0 unspecified atom stereocenters. The number of aromatic nitrogens is 1. The summed E-state index contributed by atoms with van der Waals surface area (Å²) in [5, 5.41) is 7.94. The average molecular weight is 459 g/mol. The predicted molar refractivity (Wildman–Crippen MR) is 158 cm³/mol. The van der Waals surface area contributed by atoms with Gasteiger partial charge in [-0.1, -0.05) is 116 Å². The number of nitrogens with zero attached hydrogens (tertiary/aromatic N) is 1. The van der Waals surface area contributed by atoms with Gasteiger partial charge in [-0.2, -0.15) is 0 Å². The number of benzene rings is 6. The molecule has 0 N–H and O–H groups in total. The van der Waals surface area contributed by atoms with Crippen LogP contribution in [0.15, 0.2) is 121 Å². The maximum absolute atomic E-state index is 2.38. The van der Waals surface area contributed by atoms with E-state index in [0.717, 1.165) is 0 Å². The lowest BCUT2D eigenvalue weighted by Crippen LogP contribution is -2.24. The first-order chi connectivity index (χ1) is 17.7. The molecule has 0 aliphatic rings. The van der Waals surface area contributed by atoms with E-state index in [-0.39, 0.29) is 0 Å². The van der Waals surface area contributed by atoms with E-state index >= 15 is 0 Å². The summed E-state index contributed by atoms with van der Waals surface area (Å²) in [5.41, 5.74) is 7.67. The van der Waals surface area contributed by atoms with Gasteiger partial charge in [0, 0.05) is 16.5 Å². The maximum atomic E-state index is 2.38. The smallest absolute Gasteiger partial charge is 0.171 e. The Morgan fingerprint density at radius 3 is 1.33 bits per heavy atom. The van der Waals surface area contributed by atoms with Gasteiger partial charge in [-0.15, -0.1) is 0 Å². The third-order valence-corrected chi connectivity index (χ3v) is 7.54. The standard InChI is InChI=1S/C34H26BN/c1-35(2)34-29-15-5-3-13-27(29)33(28-14-4-6-16-30(28)34)23-19-21-24(22-20-23)36-31-17-9-7-11-25(31)26-12-8-10-18-32(26)36/h3-22H,1-2H3. The van der Waals surface area contributed by atoms with Crippen molar-refractivity contribution >= 4 is 55.5 Å². The minimum absolute atomic E-state index is 0.450. The SMILES string of the molecule is CB(C)c1c2ccccc2c(-c2ccc(-n3c4ccccc4c4ccccc43)cc2)c2ccccc12. The zero-order valence-corrected chi connectivity index (χ0v) is 20.6. The Kier molecular flexibility index (Phi) is 4.75. The van der Waals surface area contributed by atoms with E-state index in [1.54, 1.807) is 0 Å². The highest BCUT2D eigenvalue weighted by Crippen LogP contribution is 2.37. The van der Waals surface area contributed by atoms with Crippen molar-refractivity contribution in [3.63, 3.8) is 0 Å². The van der Waals surface area contributed by atoms with Gasteiger partial charge in [-0.05, 0) is 56.9 Å². The summed E-state index contributed by atoms with van der Waals surface area (Å²) in [6.07, 6.45) is 0. The van der Waals surface area contributed by atoms with Crippen LogP contribution in [0.2, 0.25) is 13.6 Å². The van der Waals surface area contributed by atoms with E-state index in [2.05, 4.69) is 140 Å². The summed E-state index contributed by atoms with van der Waals surface area (Å²) in [4.78, 5) is 0. The highest BCUT2D eigenvalue weighted by molar-refractivity contribution is 6.76. The largest absolute Gasteiger partial charge is 0.309 e. The molecule has 0 fully saturated rings. The molecule has 0 aliphatic heterocycles. The molecule has 0 atom stereocenters. The Morgan fingerprint density at radius 1 is 0.444 bits per heavy atom. The van der Waals surface area contributed by atoms with Crippen molar-refractivity contribution in [3.8, 4) is 16.8 Å². The minimum atomic E-state index is 0.450. The fraction of sp³-hybridized carbons (Fsp3) is 0.0588. The first-order valence-corrected chi connectivity index (χ1v) is 12.7. The summed E-state index contributed by atoms with van der Waals surface area (Å²) in [5.74, 6) is 0. The number of para-hydroxylation sites is 2. The van der Waals surface area contributed by atoms with Gasteiger partial charge in [0.05, 0.1) is 11.0 Å². The summed E-state index contributed by atoms with van der Waals surface area (Å²) in [6.45, 7) is 5.05. The molecule has 1 aromatic heterocycles. The third kappa shape index (κ3) is 3.04. The van der Waals surface area contributed by atoms with Crippen molar-refractivity contribution in [1.29, 1.82) is 0 Å². The Morgan fingerprint density at radius 2 is 0.861 bits per heavy atom. The Hall–Kier alpha value is -4.30. The van der Waals surface area contributed by atoms with Crippen molar-refractivity contribution in [3.05, 3.63) is 121 Å². The highest BCUT2D eigenvalue weighted by atomic mass is 15.0. The molecule has 7 rings (SSSR count). The van der Waals surface area contributed by atoms with E-state index in [1.165, 1.54) is 65.6 Å². The molecule has 0 aliphatic carbocycles. The Bertz CT molecular complexity index is 1800. The van der Waals surface area contributed by atoms with Gasteiger partial charge in [0.2, 0.25) is 0 Å². The Balaban J connectivity index is 1.49. The number of hydrogen-bond acceptors (Lipinski definition) is 0. The fourth-order valence-electron chi connectivity index (χ4n) is 6.07. The van der Waals surface area contributed by atoms with E-state index < -0.39 is 0 Å². The zero-order chi connectivity index (χ0) is 24.2. The van der Waals surface area contributed by atoms with Crippen LogP contribution in [0.5, 0.6) is 0 Å². The molecule has 170 valence electrons. The minimum Gasteiger partial charge on any atom is -0.309 e. The van der Waals surface area contributed by atoms with Gasteiger partial charge in [-0.3, -0.25) is 0 Å². The second kappa shape index (κ2) is 8.14. The van der Waals surface area contributed by atoms with Crippen LogP contribution < -0.4 is 5.46 Å². The Labute approximate surface area is 211 Å². The molecule has 0 bridgehead atoms. The molecule has 0 spiro atoms. The molecule has 1 nitrogen and oxygen atoms in total. The molecule has 0 amide bonds. The molecule has 0 saturated carbocycles. The molecule has 7 aromatic rings. The van der Waals surface area contributed by atoms with Gasteiger partial charge in [0.1, 0.15) is 0 Å². The zero-order valence-electron chi connectivity index (χ0n) is 20.6. The first-order valence-electron chi connectivity index (χ1n) is 12.7. The van der Waals surface area contributed by atoms with Crippen LogP contribution in [0.3, 0.4) is 0 Å². The fourth-order valence-corrected chi connectivity index (χ4v) is 6.07. The van der Waals surface area contributed by atoms with Crippen LogP contribution in [-0.4, -0.2) is 11.3 Å². The third-order valence-electron chi connectivity index (χ3n) is 7.54. The molecule has 6 aromatic carbocycles. The molecule has 2 heteroatoms. The lowest BCUT2D eigenvalue weighted by Gasteiger charge is -2.19. The second-order valence-corrected chi connectivity index (χ2v) is 9.95.